The number of benzene rings is 2. The highest BCUT2D eigenvalue weighted by Crippen LogP contribution is 2.21. The van der Waals surface area contributed by atoms with E-state index in [1.807, 2.05) is 18.2 Å². The van der Waals surface area contributed by atoms with Gasteiger partial charge < -0.3 is 15.5 Å². The molecule has 26 heavy (non-hydrogen) atoms. The molecule has 138 valence electrons. The number of carbonyl (C=O) groups is 1. The lowest BCUT2D eigenvalue weighted by molar-refractivity contribution is -0.114. The van der Waals surface area contributed by atoms with Crippen LogP contribution in [0.5, 0.6) is 0 Å². The Morgan fingerprint density at radius 3 is 2.46 bits per heavy atom. The minimum Gasteiger partial charge on any atom is -0.382 e. The van der Waals surface area contributed by atoms with Gasteiger partial charge in [-0.15, -0.1) is 0 Å². The number of anilines is 2. The molecule has 1 aliphatic heterocycles. The van der Waals surface area contributed by atoms with E-state index in [1.54, 1.807) is 0 Å². The number of amides is 1. The first-order valence-corrected chi connectivity index (χ1v) is 9.52. The maximum atomic E-state index is 11.2. The molecule has 4 heteroatoms. The molecule has 1 unspecified atom stereocenters. The Kier molecular flexibility index (Phi) is 6.29. The van der Waals surface area contributed by atoms with Gasteiger partial charge >= 0.3 is 0 Å². The number of piperidine rings is 1. The van der Waals surface area contributed by atoms with Gasteiger partial charge in [-0.05, 0) is 49.9 Å². The van der Waals surface area contributed by atoms with E-state index < -0.39 is 0 Å². The maximum absolute atomic E-state index is 11.2. The number of likely N-dealkylation sites (tertiary alicyclic amines) is 1. The number of rotatable bonds is 6. The molecule has 2 N–H and O–H groups in total. The molecule has 0 saturated carbocycles. The summed E-state index contributed by atoms with van der Waals surface area (Å²) in [5.74, 6) is -0.0390. The molecule has 0 radical (unpaired) electrons. The Labute approximate surface area is 156 Å². The number of nitrogens with one attached hydrogen (secondary N) is 2. The van der Waals surface area contributed by atoms with Crippen LogP contribution in [0.3, 0.4) is 0 Å². The second-order valence-electron chi connectivity index (χ2n) is 7.26. The molecule has 2 aromatic rings. The summed E-state index contributed by atoms with van der Waals surface area (Å²) in [5.41, 5.74) is 3.33. The summed E-state index contributed by atoms with van der Waals surface area (Å²) in [7, 11) is 0. The van der Waals surface area contributed by atoms with Gasteiger partial charge in [0.2, 0.25) is 5.91 Å². The Bertz CT molecular complexity index is 708. The zero-order valence-electron chi connectivity index (χ0n) is 15.7. The van der Waals surface area contributed by atoms with E-state index in [0.29, 0.717) is 12.1 Å². The van der Waals surface area contributed by atoms with Gasteiger partial charge in [0.15, 0.2) is 0 Å². The van der Waals surface area contributed by atoms with Crippen LogP contribution in [0.2, 0.25) is 0 Å². The molecule has 0 bridgehead atoms. The van der Waals surface area contributed by atoms with Crippen molar-refractivity contribution in [3.8, 4) is 0 Å². The molecule has 0 spiro atoms. The van der Waals surface area contributed by atoms with E-state index in [-0.39, 0.29) is 5.91 Å². The third-order valence-corrected chi connectivity index (χ3v) is 5.08. The number of hydrogen-bond acceptors (Lipinski definition) is 3. The van der Waals surface area contributed by atoms with Crippen LogP contribution < -0.4 is 10.6 Å². The summed E-state index contributed by atoms with van der Waals surface area (Å²) in [5, 5.41) is 6.47. The van der Waals surface area contributed by atoms with Crippen molar-refractivity contribution in [2.75, 3.05) is 23.7 Å². The highest BCUT2D eigenvalue weighted by atomic mass is 16.1. The normalized spacial score (nSPS) is 16.8. The van der Waals surface area contributed by atoms with E-state index in [9.17, 15) is 4.79 Å². The van der Waals surface area contributed by atoms with Crippen molar-refractivity contribution in [2.45, 2.75) is 45.2 Å². The first kappa shape index (κ1) is 18.5. The van der Waals surface area contributed by atoms with Gasteiger partial charge in [-0.3, -0.25) is 4.79 Å². The molecule has 1 atom stereocenters. The molecule has 1 aliphatic rings. The molecule has 3 rings (SSSR count). The van der Waals surface area contributed by atoms with Gasteiger partial charge in [0, 0.05) is 43.5 Å². The number of nitrogens with zero attached hydrogens (tertiary/aromatic N) is 1. The Balaban J connectivity index is 1.48. The molecule has 1 saturated heterocycles. The Morgan fingerprint density at radius 1 is 1.08 bits per heavy atom. The Hall–Kier alpha value is -2.33. The predicted molar refractivity (Wildman–Crippen MR) is 109 cm³/mol. The van der Waals surface area contributed by atoms with E-state index >= 15 is 0 Å². The molecule has 1 amide bonds. The maximum Gasteiger partial charge on any atom is 0.221 e. The van der Waals surface area contributed by atoms with Crippen LogP contribution >= 0.6 is 0 Å². The molecule has 4 nitrogen and oxygen atoms in total. The van der Waals surface area contributed by atoms with Gasteiger partial charge in [0.1, 0.15) is 0 Å². The molecule has 2 aromatic carbocycles. The number of carbonyl (C=O) groups excluding carboxylic acids is 1. The van der Waals surface area contributed by atoms with Crippen molar-refractivity contribution in [3.63, 3.8) is 0 Å². The number of hydrogen-bond donors (Lipinski definition) is 2. The van der Waals surface area contributed by atoms with Crippen LogP contribution in [-0.2, 0) is 11.2 Å². The second kappa shape index (κ2) is 8.86. The highest BCUT2D eigenvalue weighted by molar-refractivity contribution is 5.89. The lowest BCUT2D eigenvalue weighted by Gasteiger charge is -2.36. The molecular weight excluding hydrogens is 322 g/mol. The minimum absolute atomic E-state index is 0.0390. The summed E-state index contributed by atoms with van der Waals surface area (Å²) in [4.78, 5) is 13.8. The third-order valence-electron chi connectivity index (χ3n) is 5.08. The summed E-state index contributed by atoms with van der Waals surface area (Å²) >= 11 is 0. The SMILES string of the molecule is CC(=O)Nc1cccc(NC2CCN(C(C)Cc3ccccc3)CC2)c1. The van der Waals surface area contributed by atoms with Gasteiger partial charge in [-0.2, -0.15) is 0 Å². The van der Waals surface area contributed by atoms with Crippen molar-refractivity contribution >= 4 is 17.3 Å². The fourth-order valence-corrected chi connectivity index (χ4v) is 3.69. The molecule has 1 fully saturated rings. The summed E-state index contributed by atoms with van der Waals surface area (Å²) in [6.45, 7) is 6.11. The molecule has 0 aliphatic carbocycles. The average Bonchev–Trinajstić information content (AvgIpc) is 2.63. The first-order chi connectivity index (χ1) is 12.6. The van der Waals surface area contributed by atoms with Crippen LogP contribution in [0, 0.1) is 0 Å². The fraction of sp³-hybridized carbons (Fsp3) is 0.409. The van der Waals surface area contributed by atoms with Crippen molar-refractivity contribution in [1.29, 1.82) is 0 Å². The van der Waals surface area contributed by atoms with E-state index in [2.05, 4.69) is 58.9 Å². The summed E-state index contributed by atoms with van der Waals surface area (Å²) < 4.78 is 0. The van der Waals surface area contributed by atoms with Crippen LogP contribution in [0.25, 0.3) is 0 Å². The molecule has 0 aromatic heterocycles. The van der Waals surface area contributed by atoms with Crippen LogP contribution in [0.4, 0.5) is 11.4 Å². The summed E-state index contributed by atoms with van der Waals surface area (Å²) in [6.07, 6.45) is 3.39. The monoisotopic (exact) mass is 351 g/mol. The zero-order valence-corrected chi connectivity index (χ0v) is 15.7. The van der Waals surface area contributed by atoms with Crippen molar-refractivity contribution < 1.29 is 4.79 Å². The highest BCUT2D eigenvalue weighted by Gasteiger charge is 2.22. The third kappa shape index (κ3) is 5.33. The Morgan fingerprint density at radius 2 is 1.77 bits per heavy atom. The second-order valence-corrected chi connectivity index (χ2v) is 7.26. The van der Waals surface area contributed by atoms with Crippen molar-refractivity contribution in [3.05, 3.63) is 60.2 Å². The quantitative estimate of drug-likeness (QED) is 0.822. The van der Waals surface area contributed by atoms with Gasteiger partial charge in [-0.1, -0.05) is 36.4 Å². The van der Waals surface area contributed by atoms with Crippen molar-refractivity contribution in [2.24, 2.45) is 0 Å². The van der Waals surface area contributed by atoms with Crippen molar-refractivity contribution in [1.82, 2.24) is 4.90 Å². The van der Waals surface area contributed by atoms with Gasteiger partial charge in [-0.25, -0.2) is 0 Å². The topological polar surface area (TPSA) is 44.4 Å². The van der Waals surface area contributed by atoms with Crippen LogP contribution in [0.15, 0.2) is 54.6 Å². The lowest BCUT2D eigenvalue weighted by atomic mass is 10.00. The fourth-order valence-electron chi connectivity index (χ4n) is 3.69. The van der Waals surface area contributed by atoms with E-state index in [4.69, 9.17) is 0 Å². The van der Waals surface area contributed by atoms with Crippen LogP contribution in [0.1, 0.15) is 32.3 Å². The van der Waals surface area contributed by atoms with Gasteiger partial charge in [0.05, 0.1) is 0 Å². The molecular formula is C22H29N3O. The van der Waals surface area contributed by atoms with E-state index in [0.717, 1.165) is 43.7 Å². The average molecular weight is 351 g/mol. The van der Waals surface area contributed by atoms with E-state index in [1.165, 1.54) is 12.5 Å². The largest absolute Gasteiger partial charge is 0.382 e. The standard InChI is InChI=1S/C22H29N3O/c1-17(15-19-7-4-3-5-8-19)25-13-11-20(12-14-25)24-22-10-6-9-21(16-22)23-18(2)26/h3-10,16-17,20,24H,11-15H2,1-2H3,(H,23,26). The zero-order chi connectivity index (χ0) is 18.4. The first-order valence-electron chi connectivity index (χ1n) is 9.52. The predicted octanol–water partition coefficient (Wildman–Crippen LogP) is 4.15. The van der Waals surface area contributed by atoms with Crippen LogP contribution in [-0.4, -0.2) is 36.0 Å². The molecule has 1 heterocycles. The summed E-state index contributed by atoms with van der Waals surface area (Å²) in [6, 6.07) is 19.8. The smallest absolute Gasteiger partial charge is 0.221 e. The lowest BCUT2D eigenvalue weighted by Crippen LogP contribution is -2.44. The van der Waals surface area contributed by atoms with Gasteiger partial charge in [0.25, 0.3) is 0 Å². The minimum atomic E-state index is -0.0390.